The SMILES string of the molecule is CO[C@@]12CCC(O)CC1N(C(=O)c1cc(C(F)(F)F)[nH]n1)CC2. The molecule has 0 spiro atoms. The Hall–Kier alpha value is -1.61. The summed E-state index contributed by atoms with van der Waals surface area (Å²) in [6.07, 6.45) is -2.95. The lowest BCUT2D eigenvalue weighted by atomic mass is 9.79. The summed E-state index contributed by atoms with van der Waals surface area (Å²) in [6, 6.07) is 0.365. The number of H-pyrrole nitrogens is 1. The van der Waals surface area contributed by atoms with E-state index in [1.807, 2.05) is 5.10 Å². The maximum Gasteiger partial charge on any atom is 0.432 e. The van der Waals surface area contributed by atoms with Crippen LogP contribution in [0.5, 0.6) is 0 Å². The van der Waals surface area contributed by atoms with Gasteiger partial charge in [0.25, 0.3) is 5.91 Å². The van der Waals surface area contributed by atoms with E-state index in [2.05, 4.69) is 5.10 Å². The Bertz CT molecular complexity index is 604. The minimum atomic E-state index is -4.58. The number of amides is 1. The highest BCUT2D eigenvalue weighted by molar-refractivity contribution is 5.93. The maximum absolute atomic E-state index is 12.6. The number of aliphatic hydroxyl groups excluding tert-OH is 1. The Morgan fingerprint density at radius 2 is 2.26 bits per heavy atom. The Morgan fingerprint density at radius 1 is 1.52 bits per heavy atom. The molecule has 1 saturated carbocycles. The van der Waals surface area contributed by atoms with Crippen LogP contribution in [-0.4, -0.2) is 57.5 Å². The predicted octanol–water partition coefficient (Wildman–Crippen LogP) is 1.57. The van der Waals surface area contributed by atoms with Crippen LogP contribution in [0.4, 0.5) is 13.2 Å². The zero-order valence-electron chi connectivity index (χ0n) is 12.6. The molecule has 3 rings (SSSR count). The van der Waals surface area contributed by atoms with E-state index in [1.165, 1.54) is 4.90 Å². The minimum Gasteiger partial charge on any atom is -0.393 e. The summed E-state index contributed by atoms with van der Waals surface area (Å²) in [6.45, 7) is 0.373. The Kier molecular flexibility index (Phi) is 3.88. The normalized spacial score (nSPS) is 31.3. The van der Waals surface area contributed by atoms with E-state index in [4.69, 9.17) is 4.74 Å². The van der Waals surface area contributed by atoms with E-state index in [9.17, 15) is 23.1 Å². The molecule has 0 bridgehead atoms. The van der Waals surface area contributed by atoms with Gasteiger partial charge in [-0.15, -0.1) is 0 Å². The van der Waals surface area contributed by atoms with Crippen molar-refractivity contribution in [3.8, 4) is 0 Å². The van der Waals surface area contributed by atoms with Gasteiger partial charge in [0, 0.05) is 19.7 Å². The molecule has 1 aliphatic heterocycles. The molecule has 2 fully saturated rings. The van der Waals surface area contributed by atoms with Gasteiger partial charge in [0.2, 0.25) is 0 Å². The number of nitrogens with one attached hydrogen (secondary N) is 1. The van der Waals surface area contributed by atoms with Crippen LogP contribution in [0.1, 0.15) is 41.9 Å². The number of halogens is 3. The zero-order chi connectivity index (χ0) is 16.8. The Morgan fingerprint density at radius 3 is 2.87 bits per heavy atom. The number of hydrogen-bond donors (Lipinski definition) is 2. The van der Waals surface area contributed by atoms with Gasteiger partial charge >= 0.3 is 6.18 Å². The second-order valence-corrected chi connectivity index (χ2v) is 6.13. The molecule has 1 saturated heterocycles. The molecule has 23 heavy (non-hydrogen) atoms. The lowest BCUT2D eigenvalue weighted by Gasteiger charge is -2.42. The molecular formula is C14H18F3N3O3. The van der Waals surface area contributed by atoms with E-state index in [1.54, 1.807) is 7.11 Å². The first-order valence-electron chi connectivity index (χ1n) is 7.43. The number of ether oxygens (including phenoxy) is 1. The first-order chi connectivity index (χ1) is 10.8. The Labute approximate surface area is 130 Å². The first kappa shape index (κ1) is 16.3. The molecule has 1 aromatic rings. The number of aromatic nitrogens is 2. The number of hydrogen-bond acceptors (Lipinski definition) is 4. The third-order valence-electron chi connectivity index (χ3n) is 4.93. The van der Waals surface area contributed by atoms with Crippen molar-refractivity contribution in [1.82, 2.24) is 15.1 Å². The van der Waals surface area contributed by atoms with Crippen molar-refractivity contribution in [3.05, 3.63) is 17.5 Å². The van der Waals surface area contributed by atoms with E-state index < -0.39 is 29.5 Å². The molecule has 2 heterocycles. The fourth-order valence-corrected chi connectivity index (χ4v) is 3.64. The second kappa shape index (κ2) is 5.48. The number of aromatic amines is 1. The standard InChI is InChI=1S/C14H18F3N3O3/c1-23-13-3-2-8(21)6-11(13)20(5-4-13)12(22)9-7-10(19-18-9)14(15,16)17/h7-8,11,21H,2-6H2,1H3,(H,18,19)/t8?,11?,13-/m1/s1. The van der Waals surface area contributed by atoms with Gasteiger partial charge in [0.1, 0.15) is 5.69 Å². The highest BCUT2D eigenvalue weighted by Gasteiger charge is 2.52. The molecule has 2 aliphatic rings. The van der Waals surface area contributed by atoms with Gasteiger partial charge in [-0.05, 0) is 25.7 Å². The first-order valence-corrected chi connectivity index (χ1v) is 7.43. The van der Waals surface area contributed by atoms with E-state index in [-0.39, 0.29) is 11.7 Å². The van der Waals surface area contributed by atoms with Crippen LogP contribution in [0.2, 0.25) is 0 Å². The van der Waals surface area contributed by atoms with Gasteiger partial charge in [-0.25, -0.2) is 0 Å². The number of rotatable bonds is 2. The predicted molar refractivity (Wildman–Crippen MR) is 72.6 cm³/mol. The van der Waals surface area contributed by atoms with Crippen molar-refractivity contribution in [3.63, 3.8) is 0 Å². The van der Waals surface area contributed by atoms with Crippen molar-refractivity contribution in [2.75, 3.05) is 13.7 Å². The molecule has 0 aromatic carbocycles. The van der Waals surface area contributed by atoms with Crippen molar-refractivity contribution in [2.24, 2.45) is 0 Å². The molecule has 1 aliphatic carbocycles. The van der Waals surface area contributed by atoms with Gasteiger partial charge in [0.05, 0.1) is 17.7 Å². The average molecular weight is 333 g/mol. The van der Waals surface area contributed by atoms with Crippen LogP contribution < -0.4 is 0 Å². The molecular weight excluding hydrogens is 315 g/mol. The summed E-state index contributed by atoms with van der Waals surface area (Å²) in [5.41, 5.74) is -1.86. The summed E-state index contributed by atoms with van der Waals surface area (Å²) in [5, 5.41) is 15.2. The monoisotopic (exact) mass is 333 g/mol. The number of fused-ring (bicyclic) bond motifs is 1. The number of carbonyl (C=O) groups excluding carboxylic acids is 1. The molecule has 3 atom stereocenters. The van der Waals surface area contributed by atoms with E-state index in [0.29, 0.717) is 38.3 Å². The highest BCUT2D eigenvalue weighted by Crippen LogP contribution is 2.43. The third kappa shape index (κ3) is 2.72. The fraction of sp³-hybridized carbons (Fsp3) is 0.714. The van der Waals surface area contributed by atoms with Crippen LogP contribution in [0, 0.1) is 0 Å². The van der Waals surface area contributed by atoms with Crippen molar-refractivity contribution < 1.29 is 27.8 Å². The molecule has 1 aromatic heterocycles. The lowest BCUT2D eigenvalue weighted by Crippen LogP contribution is -2.52. The Balaban J connectivity index is 1.84. The summed E-state index contributed by atoms with van der Waals surface area (Å²) >= 11 is 0. The van der Waals surface area contributed by atoms with E-state index in [0.717, 1.165) is 0 Å². The topological polar surface area (TPSA) is 78.5 Å². The number of aliphatic hydroxyl groups is 1. The lowest BCUT2D eigenvalue weighted by molar-refractivity contribution is -0.141. The number of alkyl halides is 3. The van der Waals surface area contributed by atoms with Crippen LogP contribution in [0.15, 0.2) is 6.07 Å². The summed E-state index contributed by atoms with van der Waals surface area (Å²) in [4.78, 5) is 14.0. The molecule has 9 heteroatoms. The summed E-state index contributed by atoms with van der Waals surface area (Å²) in [5.74, 6) is -0.574. The van der Waals surface area contributed by atoms with Crippen LogP contribution in [0.25, 0.3) is 0 Å². The quantitative estimate of drug-likeness (QED) is 0.861. The van der Waals surface area contributed by atoms with Crippen LogP contribution >= 0.6 is 0 Å². The minimum absolute atomic E-state index is 0.274. The average Bonchev–Trinajstić information content (AvgIpc) is 3.11. The summed E-state index contributed by atoms with van der Waals surface area (Å²) in [7, 11) is 1.56. The second-order valence-electron chi connectivity index (χ2n) is 6.13. The fourth-order valence-electron chi connectivity index (χ4n) is 3.64. The third-order valence-corrected chi connectivity index (χ3v) is 4.93. The molecule has 2 N–H and O–H groups in total. The van der Waals surface area contributed by atoms with Gasteiger partial charge in [0.15, 0.2) is 5.69 Å². The summed E-state index contributed by atoms with van der Waals surface area (Å²) < 4.78 is 43.5. The van der Waals surface area contributed by atoms with Gasteiger partial charge in [-0.3, -0.25) is 9.89 Å². The van der Waals surface area contributed by atoms with Crippen LogP contribution in [0.3, 0.4) is 0 Å². The highest BCUT2D eigenvalue weighted by atomic mass is 19.4. The number of likely N-dealkylation sites (tertiary alicyclic amines) is 1. The van der Waals surface area contributed by atoms with Gasteiger partial charge < -0.3 is 14.7 Å². The molecule has 6 nitrogen and oxygen atoms in total. The molecule has 0 radical (unpaired) electrons. The van der Waals surface area contributed by atoms with Crippen LogP contribution in [-0.2, 0) is 10.9 Å². The zero-order valence-corrected chi connectivity index (χ0v) is 12.6. The maximum atomic E-state index is 12.6. The van der Waals surface area contributed by atoms with Crippen molar-refractivity contribution in [1.29, 1.82) is 0 Å². The number of methoxy groups -OCH3 is 1. The number of nitrogens with zero attached hydrogens (tertiary/aromatic N) is 2. The van der Waals surface area contributed by atoms with Gasteiger partial charge in [-0.2, -0.15) is 18.3 Å². The van der Waals surface area contributed by atoms with Gasteiger partial charge in [-0.1, -0.05) is 0 Å². The molecule has 1 amide bonds. The molecule has 2 unspecified atom stereocenters. The number of carbonyl (C=O) groups is 1. The molecule has 128 valence electrons. The van der Waals surface area contributed by atoms with Crippen molar-refractivity contribution >= 4 is 5.91 Å². The van der Waals surface area contributed by atoms with E-state index >= 15 is 0 Å². The smallest absolute Gasteiger partial charge is 0.393 e. The van der Waals surface area contributed by atoms with Crippen molar-refractivity contribution in [2.45, 2.75) is 49.6 Å². The largest absolute Gasteiger partial charge is 0.432 e.